The van der Waals surface area contributed by atoms with Crippen molar-refractivity contribution in [2.75, 3.05) is 13.2 Å². The normalized spacial score (nSPS) is 11.1. The molecule has 2 rings (SSSR count). The second-order valence-corrected chi connectivity index (χ2v) is 3.95. The standard InChI is InChI=1S/C9H11BrN4O/c10-7-1-2-8-12-13-9(14(8)5-7)6-15-4-3-11/h1-2,5H,3-4,6,11H2. The van der Waals surface area contributed by atoms with Crippen molar-refractivity contribution in [3.63, 3.8) is 0 Å². The Labute approximate surface area is 95.4 Å². The van der Waals surface area contributed by atoms with Crippen molar-refractivity contribution in [3.8, 4) is 0 Å². The predicted octanol–water partition coefficient (Wildman–Crippen LogP) is 0.967. The number of pyridine rings is 1. The Morgan fingerprint density at radius 3 is 3.07 bits per heavy atom. The number of rotatable bonds is 4. The van der Waals surface area contributed by atoms with Gasteiger partial charge in [0.05, 0.1) is 6.61 Å². The van der Waals surface area contributed by atoms with E-state index in [1.807, 2.05) is 22.7 Å². The Morgan fingerprint density at radius 1 is 1.40 bits per heavy atom. The lowest BCUT2D eigenvalue weighted by atomic mass is 10.5. The molecule has 0 radical (unpaired) electrons. The maximum atomic E-state index is 5.33. The fraction of sp³-hybridized carbons (Fsp3) is 0.333. The molecule has 2 aromatic rings. The van der Waals surface area contributed by atoms with Crippen LogP contribution in [0.3, 0.4) is 0 Å². The van der Waals surface area contributed by atoms with Gasteiger partial charge in [-0.15, -0.1) is 10.2 Å². The Hall–Kier alpha value is -0.980. The van der Waals surface area contributed by atoms with Gasteiger partial charge < -0.3 is 10.5 Å². The van der Waals surface area contributed by atoms with Gasteiger partial charge >= 0.3 is 0 Å². The van der Waals surface area contributed by atoms with Crippen LogP contribution in [0.5, 0.6) is 0 Å². The number of ether oxygens (including phenoxy) is 1. The smallest absolute Gasteiger partial charge is 0.163 e. The van der Waals surface area contributed by atoms with Gasteiger partial charge in [0.1, 0.15) is 6.61 Å². The Kier molecular flexibility index (Phi) is 3.30. The summed E-state index contributed by atoms with van der Waals surface area (Å²) in [7, 11) is 0. The molecule has 0 saturated carbocycles. The maximum absolute atomic E-state index is 5.33. The van der Waals surface area contributed by atoms with E-state index in [-0.39, 0.29) is 0 Å². The zero-order valence-electron chi connectivity index (χ0n) is 8.06. The van der Waals surface area contributed by atoms with Gasteiger partial charge in [-0.25, -0.2) is 0 Å². The number of aromatic nitrogens is 3. The molecule has 0 atom stereocenters. The molecule has 2 N–H and O–H groups in total. The summed E-state index contributed by atoms with van der Waals surface area (Å²) in [5.41, 5.74) is 6.14. The van der Waals surface area contributed by atoms with Gasteiger partial charge in [0.25, 0.3) is 0 Å². The Bertz CT molecular complexity index is 456. The third kappa shape index (κ3) is 2.34. The minimum Gasteiger partial charge on any atom is -0.372 e. The minimum absolute atomic E-state index is 0.425. The molecular formula is C9H11BrN4O. The Morgan fingerprint density at radius 2 is 2.27 bits per heavy atom. The quantitative estimate of drug-likeness (QED) is 0.841. The van der Waals surface area contributed by atoms with E-state index in [0.29, 0.717) is 19.8 Å². The maximum Gasteiger partial charge on any atom is 0.163 e. The van der Waals surface area contributed by atoms with Crippen LogP contribution in [0.2, 0.25) is 0 Å². The van der Waals surface area contributed by atoms with Crippen molar-refractivity contribution >= 4 is 21.6 Å². The number of halogens is 1. The van der Waals surface area contributed by atoms with Crippen LogP contribution in [0.15, 0.2) is 22.8 Å². The second-order valence-electron chi connectivity index (χ2n) is 3.03. The van der Waals surface area contributed by atoms with E-state index in [0.717, 1.165) is 15.9 Å². The van der Waals surface area contributed by atoms with Crippen LogP contribution in [0.4, 0.5) is 0 Å². The SMILES string of the molecule is NCCOCc1nnc2ccc(Br)cn12. The third-order valence-corrected chi connectivity index (χ3v) is 2.40. The van der Waals surface area contributed by atoms with E-state index in [4.69, 9.17) is 10.5 Å². The summed E-state index contributed by atoms with van der Waals surface area (Å²) >= 11 is 3.40. The van der Waals surface area contributed by atoms with Crippen molar-refractivity contribution in [3.05, 3.63) is 28.6 Å². The van der Waals surface area contributed by atoms with E-state index >= 15 is 0 Å². The number of hydrogen-bond donors (Lipinski definition) is 1. The highest BCUT2D eigenvalue weighted by molar-refractivity contribution is 9.10. The molecule has 0 unspecified atom stereocenters. The second kappa shape index (κ2) is 4.69. The molecule has 0 aliphatic carbocycles. The lowest BCUT2D eigenvalue weighted by Gasteiger charge is -2.01. The zero-order chi connectivity index (χ0) is 10.7. The molecule has 0 aliphatic heterocycles. The lowest BCUT2D eigenvalue weighted by molar-refractivity contribution is 0.122. The van der Waals surface area contributed by atoms with Gasteiger partial charge in [-0.2, -0.15) is 0 Å². The summed E-state index contributed by atoms with van der Waals surface area (Å²) in [6.07, 6.45) is 1.91. The summed E-state index contributed by atoms with van der Waals surface area (Å²) in [6, 6.07) is 3.82. The van der Waals surface area contributed by atoms with E-state index in [1.54, 1.807) is 0 Å². The highest BCUT2D eigenvalue weighted by atomic mass is 79.9. The van der Waals surface area contributed by atoms with Crippen molar-refractivity contribution in [1.29, 1.82) is 0 Å². The number of fused-ring (bicyclic) bond motifs is 1. The highest BCUT2D eigenvalue weighted by Gasteiger charge is 2.04. The van der Waals surface area contributed by atoms with Crippen molar-refractivity contribution in [2.45, 2.75) is 6.61 Å². The third-order valence-electron chi connectivity index (χ3n) is 1.93. The van der Waals surface area contributed by atoms with Crippen molar-refractivity contribution < 1.29 is 4.74 Å². The monoisotopic (exact) mass is 270 g/mol. The Balaban J connectivity index is 2.23. The zero-order valence-corrected chi connectivity index (χ0v) is 9.64. The van der Waals surface area contributed by atoms with Crippen LogP contribution in [0, 0.1) is 0 Å². The first-order valence-corrected chi connectivity index (χ1v) is 5.37. The molecule has 0 aliphatic rings. The number of nitrogens with zero attached hydrogens (tertiary/aromatic N) is 3. The van der Waals surface area contributed by atoms with Gasteiger partial charge in [-0.3, -0.25) is 4.40 Å². The summed E-state index contributed by atoms with van der Waals surface area (Å²) in [4.78, 5) is 0. The molecule has 0 bridgehead atoms. The van der Waals surface area contributed by atoms with Gasteiger partial charge in [0.2, 0.25) is 0 Å². The molecule has 5 nitrogen and oxygen atoms in total. The summed E-state index contributed by atoms with van der Waals surface area (Å²) in [5.74, 6) is 0.778. The van der Waals surface area contributed by atoms with Crippen molar-refractivity contribution in [1.82, 2.24) is 14.6 Å². The highest BCUT2D eigenvalue weighted by Crippen LogP contribution is 2.12. The van der Waals surface area contributed by atoms with Crippen LogP contribution >= 0.6 is 15.9 Å². The molecule has 2 heterocycles. The van der Waals surface area contributed by atoms with E-state index in [1.165, 1.54) is 0 Å². The minimum atomic E-state index is 0.425. The first kappa shape index (κ1) is 10.5. The van der Waals surface area contributed by atoms with Crippen molar-refractivity contribution in [2.24, 2.45) is 5.73 Å². The summed E-state index contributed by atoms with van der Waals surface area (Å²) < 4.78 is 8.18. The molecule has 2 aromatic heterocycles. The van der Waals surface area contributed by atoms with Crippen LogP contribution < -0.4 is 5.73 Å². The van der Waals surface area contributed by atoms with E-state index in [2.05, 4.69) is 26.1 Å². The van der Waals surface area contributed by atoms with Gasteiger partial charge in [0.15, 0.2) is 11.5 Å². The molecule has 15 heavy (non-hydrogen) atoms. The molecule has 0 amide bonds. The molecule has 0 saturated heterocycles. The van der Waals surface area contributed by atoms with Crippen LogP contribution in [-0.2, 0) is 11.3 Å². The molecule has 80 valence electrons. The van der Waals surface area contributed by atoms with Crippen LogP contribution in [0.25, 0.3) is 5.65 Å². The molecular weight excluding hydrogens is 260 g/mol. The first-order valence-electron chi connectivity index (χ1n) is 4.58. The summed E-state index contributed by atoms with van der Waals surface area (Å²) in [5, 5.41) is 8.05. The van der Waals surface area contributed by atoms with Gasteiger partial charge in [-0.1, -0.05) is 0 Å². The fourth-order valence-electron chi connectivity index (χ4n) is 1.26. The molecule has 0 fully saturated rings. The average molecular weight is 271 g/mol. The fourth-order valence-corrected chi connectivity index (χ4v) is 1.59. The predicted molar refractivity (Wildman–Crippen MR) is 59.4 cm³/mol. The van der Waals surface area contributed by atoms with Crippen LogP contribution in [0.1, 0.15) is 5.82 Å². The molecule has 6 heteroatoms. The van der Waals surface area contributed by atoms with E-state index in [9.17, 15) is 0 Å². The summed E-state index contributed by atoms with van der Waals surface area (Å²) in [6.45, 7) is 1.47. The van der Waals surface area contributed by atoms with E-state index < -0.39 is 0 Å². The number of nitrogens with two attached hydrogens (primary N) is 1. The lowest BCUT2D eigenvalue weighted by Crippen LogP contribution is -2.09. The van der Waals surface area contributed by atoms with Gasteiger partial charge in [-0.05, 0) is 28.1 Å². The average Bonchev–Trinajstić information content (AvgIpc) is 2.62. The van der Waals surface area contributed by atoms with Crippen LogP contribution in [-0.4, -0.2) is 27.7 Å². The van der Waals surface area contributed by atoms with Gasteiger partial charge in [0, 0.05) is 17.2 Å². The molecule has 0 aromatic carbocycles. The first-order chi connectivity index (χ1) is 7.31. The molecule has 0 spiro atoms. The topological polar surface area (TPSA) is 65.4 Å². The largest absolute Gasteiger partial charge is 0.372 e. The number of hydrogen-bond acceptors (Lipinski definition) is 4.